The third-order valence-electron chi connectivity index (χ3n) is 3.42. The summed E-state index contributed by atoms with van der Waals surface area (Å²) in [6.45, 7) is 1.43. The molecule has 2 aromatic heterocycles. The number of halogens is 2. The molecule has 0 saturated carbocycles. The van der Waals surface area contributed by atoms with Gasteiger partial charge in [-0.05, 0) is 31.5 Å². The fourth-order valence-corrected chi connectivity index (χ4v) is 2.42. The molecule has 1 saturated heterocycles. The van der Waals surface area contributed by atoms with Gasteiger partial charge in [0.15, 0.2) is 11.5 Å². The zero-order chi connectivity index (χ0) is 13.1. The van der Waals surface area contributed by atoms with E-state index in [2.05, 4.69) is 20.8 Å². The minimum Gasteiger partial charge on any atom is -0.349 e. The highest BCUT2D eigenvalue weighted by Gasteiger charge is 2.17. The van der Waals surface area contributed by atoms with Gasteiger partial charge < -0.3 is 10.6 Å². The van der Waals surface area contributed by atoms with Gasteiger partial charge in [-0.2, -0.15) is 0 Å². The molecule has 1 aliphatic rings. The molecule has 2 N–H and O–H groups in total. The van der Waals surface area contributed by atoms with Crippen molar-refractivity contribution in [3.8, 4) is 0 Å². The van der Waals surface area contributed by atoms with E-state index in [0.717, 1.165) is 30.9 Å². The number of hydrogen-bond donors (Lipinski definition) is 2. The maximum atomic E-state index is 11.8. The second kappa shape index (κ2) is 8.17. The van der Waals surface area contributed by atoms with E-state index >= 15 is 0 Å². The number of nitrogens with one attached hydrogen (secondary N) is 2. The minimum atomic E-state index is 0. The Bertz CT molecular complexity index is 583. The molecular formula is C13H19Cl2N5O. The Morgan fingerprint density at radius 3 is 3.00 bits per heavy atom. The van der Waals surface area contributed by atoms with Crippen molar-refractivity contribution < 1.29 is 4.79 Å². The summed E-state index contributed by atoms with van der Waals surface area (Å²) < 4.78 is 1.88. The van der Waals surface area contributed by atoms with Gasteiger partial charge in [0.05, 0.1) is 6.54 Å². The summed E-state index contributed by atoms with van der Waals surface area (Å²) in [5.74, 6) is 0.815. The molecule has 1 fully saturated rings. The number of pyridine rings is 1. The smallest absolute Gasteiger partial charge is 0.221 e. The number of hydrogen-bond acceptors (Lipinski definition) is 4. The molecule has 8 heteroatoms. The van der Waals surface area contributed by atoms with Gasteiger partial charge in [-0.25, -0.2) is 0 Å². The van der Waals surface area contributed by atoms with E-state index in [4.69, 9.17) is 0 Å². The average molecular weight is 332 g/mol. The molecule has 1 aliphatic heterocycles. The zero-order valence-electron chi connectivity index (χ0n) is 11.5. The van der Waals surface area contributed by atoms with Crippen LogP contribution in [0.3, 0.4) is 0 Å². The first-order chi connectivity index (χ1) is 9.33. The second-order valence-corrected chi connectivity index (χ2v) is 4.82. The van der Waals surface area contributed by atoms with Crippen LogP contribution in [0.2, 0.25) is 0 Å². The second-order valence-electron chi connectivity index (χ2n) is 4.82. The largest absolute Gasteiger partial charge is 0.349 e. The van der Waals surface area contributed by atoms with Crippen LogP contribution >= 0.6 is 24.8 Å². The van der Waals surface area contributed by atoms with Gasteiger partial charge in [-0.3, -0.25) is 9.20 Å². The maximum Gasteiger partial charge on any atom is 0.221 e. The Hall–Kier alpha value is -1.37. The Morgan fingerprint density at radius 2 is 2.24 bits per heavy atom. The summed E-state index contributed by atoms with van der Waals surface area (Å²) in [4.78, 5) is 11.8. The summed E-state index contributed by atoms with van der Waals surface area (Å²) in [6.07, 6.45) is 4.68. The Labute approximate surface area is 135 Å². The quantitative estimate of drug-likeness (QED) is 0.886. The minimum absolute atomic E-state index is 0. The van der Waals surface area contributed by atoms with Crippen LogP contribution in [0.25, 0.3) is 5.65 Å². The molecule has 0 aromatic carbocycles. The molecule has 0 spiro atoms. The van der Waals surface area contributed by atoms with Crippen LogP contribution < -0.4 is 10.6 Å². The first-order valence-corrected chi connectivity index (χ1v) is 6.61. The van der Waals surface area contributed by atoms with E-state index in [-0.39, 0.29) is 30.7 Å². The molecular weight excluding hydrogens is 313 g/mol. The van der Waals surface area contributed by atoms with Gasteiger partial charge in [-0.1, -0.05) is 6.07 Å². The molecule has 1 amide bonds. The van der Waals surface area contributed by atoms with Crippen molar-refractivity contribution in [1.29, 1.82) is 0 Å². The number of amides is 1. The molecule has 1 unspecified atom stereocenters. The van der Waals surface area contributed by atoms with Gasteiger partial charge >= 0.3 is 0 Å². The van der Waals surface area contributed by atoms with Crippen LogP contribution in [0.4, 0.5) is 0 Å². The number of aromatic nitrogens is 3. The number of rotatable bonds is 4. The average Bonchev–Trinajstić information content (AvgIpc) is 3.05. The number of carbonyl (C=O) groups excluding carboxylic acids is 1. The van der Waals surface area contributed by atoms with Crippen molar-refractivity contribution in [2.24, 2.45) is 0 Å². The Kier molecular flexibility index (Phi) is 6.87. The van der Waals surface area contributed by atoms with Crippen molar-refractivity contribution in [1.82, 2.24) is 25.2 Å². The maximum absolute atomic E-state index is 11.8. The summed E-state index contributed by atoms with van der Waals surface area (Å²) in [6, 6.07) is 6.05. The zero-order valence-corrected chi connectivity index (χ0v) is 13.1. The molecule has 21 heavy (non-hydrogen) atoms. The SMILES string of the molecule is Cl.Cl.O=C(CC1CCCN1)NCc1nnc2ccccn12. The lowest BCUT2D eigenvalue weighted by atomic mass is 10.1. The first kappa shape index (κ1) is 17.7. The summed E-state index contributed by atoms with van der Waals surface area (Å²) in [5.41, 5.74) is 0.796. The molecule has 0 aliphatic carbocycles. The van der Waals surface area contributed by atoms with Crippen LogP contribution in [-0.4, -0.2) is 33.1 Å². The van der Waals surface area contributed by atoms with Gasteiger partial charge in [0.2, 0.25) is 5.91 Å². The normalized spacial score (nSPS) is 17.0. The topological polar surface area (TPSA) is 71.3 Å². The molecule has 3 heterocycles. The van der Waals surface area contributed by atoms with E-state index in [1.165, 1.54) is 0 Å². The Balaban J connectivity index is 0.00000110. The van der Waals surface area contributed by atoms with E-state index < -0.39 is 0 Å². The van der Waals surface area contributed by atoms with Crippen LogP contribution in [0, 0.1) is 0 Å². The van der Waals surface area contributed by atoms with Crippen LogP contribution in [-0.2, 0) is 11.3 Å². The summed E-state index contributed by atoms with van der Waals surface area (Å²) in [7, 11) is 0. The highest BCUT2D eigenvalue weighted by atomic mass is 35.5. The van der Waals surface area contributed by atoms with E-state index in [1.807, 2.05) is 28.8 Å². The van der Waals surface area contributed by atoms with E-state index in [1.54, 1.807) is 0 Å². The molecule has 1 atom stereocenters. The standard InChI is InChI=1S/C13H17N5O.2ClH/c19-13(8-10-4-3-6-14-10)15-9-12-17-16-11-5-1-2-7-18(11)12;;/h1-2,5,7,10,14H,3-4,6,8-9H2,(H,15,19);2*1H. The predicted octanol–water partition coefficient (Wildman–Crippen LogP) is 1.33. The lowest BCUT2D eigenvalue weighted by Gasteiger charge is -2.09. The number of fused-ring (bicyclic) bond motifs is 1. The van der Waals surface area contributed by atoms with Gasteiger partial charge in [0, 0.05) is 18.7 Å². The third kappa shape index (κ3) is 4.30. The molecule has 6 nitrogen and oxygen atoms in total. The van der Waals surface area contributed by atoms with Gasteiger partial charge in [-0.15, -0.1) is 35.0 Å². The molecule has 0 bridgehead atoms. The summed E-state index contributed by atoms with van der Waals surface area (Å²) >= 11 is 0. The fourth-order valence-electron chi connectivity index (χ4n) is 2.42. The highest BCUT2D eigenvalue weighted by Crippen LogP contribution is 2.08. The molecule has 3 rings (SSSR count). The fraction of sp³-hybridized carbons (Fsp3) is 0.462. The summed E-state index contributed by atoms with van der Waals surface area (Å²) in [5, 5.41) is 14.3. The van der Waals surface area contributed by atoms with Gasteiger partial charge in [0.1, 0.15) is 0 Å². The van der Waals surface area contributed by atoms with Crippen LogP contribution in [0.15, 0.2) is 24.4 Å². The first-order valence-electron chi connectivity index (χ1n) is 6.61. The molecule has 0 radical (unpaired) electrons. The van der Waals surface area contributed by atoms with Gasteiger partial charge in [0.25, 0.3) is 0 Å². The van der Waals surface area contributed by atoms with Crippen molar-refractivity contribution in [3.63, 3.8) is 0 Å². The third-order valence-corrected chi connectivity index (χ3v) is 3.42. The van der Waals surface area contributed by atoms with E-state index in [0.29, 0.717) is 19.0 Å². The molecule has 2 aromatic rings. The van der Waals surface area contributed by atoms with Crippen LogP contribution in [0.5, 0.6) is 0 Å². The van der Waals surface area contributed by atoms with E-state index in [9.17, 15) is 4.79 Å². The van der Waals surface area contributed by atoms with Crippen LogP contribution in [0.1, 0.15) is 25.1 Å². The lowest BCUT2D eigenvalue weighted by molar-refractivity contribution is -0.121. The van der Waals surface area contributed by atoms with Crippen molar-refractivity contribution in [3.05, 3.63) is 30.2 Å². The monoisotopic (exact) mass is 331 g/mol. The van der Waals surface area contributed by atoms with Crippen molar-refractivity contribution in [2.75, 3.05) is 6.54 Å². The van der Waals surface area contributed by atoms with Crippen molar-refractivity contribution >= 4 is 36.4 Å². The lowest BCUT2D eigenvalue weighted by Crippen LogP contribution is -2.31. The highest BCUT2D eigenvalue weighted by molar-refractivity contribution is 5.85. The van der Waals surface area contributed by atoms with Crippen molar-refractivity contribution in [2.45, 2.75) is 31.8 Å². The number of carbonyl (C=O) groups is 1. The predicted molar refractivity (Wildman–Crippen MR) is 85.0 cm³/mol. The Morgan fingerprint density at radius 1 is 1.38 bits per heavy atom. The number of nitrogens with zero attached hydrogens (tertiary/aromatic N) is 3. The molecule has 116 valence electrons.